The zero-order chi connectivity index (χ0) is 12.7. The Morgan fingerprint density at radius 1 is 1.39 bits per heavy atom. The van der Waals surface area contributed by atoms with Crippen LogP contribution in [0.1, 0.15) is 24.4 Å². The first-order chi connectivity index (χ1) is 8.65. The zero-order valence-electron chi connectivity index (χ0n) is 10.8. The van der Waals surface area contributed by atoms with E-state index in [0.29, 0.717) is 6.04 Å². The second-order valence-corrected chi connectivity index (χ2v) is 5.61. The first-order valence-electron chi connectivity index (χ1n) is 6.40. The van der Waals surface area contributed by atoms with Crippen LogP contribution >= 0.6 is 12.2 Å². The Kier molecular flexibility index (Phi) is 2.95. The fourth-order valence-corrected chi connectivity index (χ4v) is 3.05. The summed E-state index contributed by atoms with van der Waals surface area (Å²) >= 11 is 5.46. The van der Waals surface area contributed by atoms with Crippen molar-refractivity contribution >= 4 is 23.4 Å². The van der Waals surface area contributed by atoms with Gasteiger partial charge in [0.15, 0.2) is 10.4 Å². The van der Waals surface area contributed by atoms with Crippen molar-refractivity contribution in [1.29, 1.82) is 0 Å². The lowest BCUT2D eigenvalue weighted by molar-refractivity contribution is 0.222. The van der Waals surface area contributed by atoms with Crippen LogP contribution in [0.4, 0.5) is 0 Å². The Morgan fingerprint density at radius 3 is 2.83 bits per heavy atom. The smallest absolute Gasteiger partial charge is 0.179 e. The number of nitrogens with zero attached hydrogens (tertiary/aromatic N) is 3. The quantitative estimate of drug-likeness (QED) is 0.803. The largest absolute Gasteiger partial charge is 0.329 e. The summed E-state index contributed by atoms with van der Waals surface area (Å²) in [5.41, 5.74) is 3.22. The summed E-state index contributed by atoms with van der Waals surface area (Å²) in [6, 6.07) is 2.60. The number of aromatic amines is 1. The zero-order valence-corrected chi connectivity index (χ0v) is 11.6. The van der Waals surface area contributed by atoms with E-state index < -0.39 is 0 Å². The number of imidazole rings is 1. The maximum atomic E-state index is 5.46. The summed E-state index contributed by atoms with van der Waals surface area (Å²) in [6.45, 7) is 4.31. The van der Waals surface area contributed by atoms with Crippen LogP contribution in [0.15, 0.2) is 12.3 Å². The number of H-pyrrole nitrogens is 1. The lowest BCUT2D eigenvalue weighted by Crippen LogP contribution is -2.31. The lowest BCUT2D eigenvalue weighted by Gasteiger charge is -2.29. The lowest BCUT2D eigenvalue weighted by atomic mass is 10.1. The summed E-state index contributed by atoms with van der Waals surface area (Å²) in [6.07, 6.45) is 4.21. The maximum absolute atomic E-state index is 5.46. The van der Waals surface area contributed by atoms with Crippen molar-refractivity contribution in [3.8, 4) is 0 Å². The van der Waals surface area contributed by atoms with E-state index in [-0.39, 0.29) is 0 Å². The number of piperidine rings is 1. The molecule has 5 heteroatoms. The molecule has 18 heavy (non-hydrogen) atoms. The Balaban J connectivity index is 2.06. The molecule has 4 nitrogen and oxygen atoms in total. The van der Waals surface area contributed by atoms with E-state index in [0.717, 1.165) is 47.4 Å². The molecular weight excluding hydrogens is 244 g/mol. The fourth-order valence-electron chi connectivity index (χ4n) is 2.71. The van der Waals surface area contributed by atoms with Crippen LogP contribution in [0.25, 0.3) is 11.2 Å². The van der Waals surface area contributed by atoms with Crippen LogP contribution in [0.5, 0.6) is 0 Å². The van der Waals surface area contributed by atoms with E-state index in [2.05, 4.69) is 39.5 Å². The Bertz CT molecular complexity index is 619. The molecule has 1 aliphatic heterocycles. The summed E-state index contributed by atoms with van der Waals surface area (Å²) < 4.78 is 3.01. The Labute approximate surface area is 112 Å². The van der Waals surface area contributed by atoms with Gasteiger partial charge in [-0.25, -0.2) is 4.98 Å². The molecule has 3 heterocycles. The van der Waals surface area contributed by atoms with Gasteiger partial charge in [0.1, 0.15) is 0 Å². The Hall–Kier alpha value is -1.20. The number of nitrogens with one attached hydrogen (secondary N) is 1. The van der Waals surface area contributed by atoms with Gasteiger partial charge >= 0.3 is 0 Å². The molecule has 0 spiro atoms. The second kappa shape index (κ2) is 4.48. The van der Waals surface area contributed by atoms with Gasteiger partial charge in [0.25, 0.3) is 0 Å². The van der Waals surface area contributed by atoms with Crippen molar-refractivity contribution < 1.29 is 0 Å². The monoisotopic (exact) mass is 262 g/mol. The van der Waals surface area contributed by atoms with Gasteiger partial charge in [-0.05, 0) is 63.8 Å². The third-order valence-electron chi connectivity index (χ3n) is 3.75. The van der Waals surface area contributed by atoms with Crippen LogP contribution in [0.2, 0.25) is 0 Å². The summed E-state index contributed by atoms with van der Waals surface area (Å²) in [5, 5.41) is 0. The molecule has 0 aromatic carbocycles. The number of fused-ring (bicyclic) bond motifs is 1. The second-order valence-electron chi connectivity index (χ2n) is 5.22. The highest BCUT2D eigenvalue weighted by molar-refractivity contribution is 7.71. The number of aryl methyl sites for hydroxylation is 1. The minimum atomic E-state index is 0.484. The number of hydrogen-bond acceptors (Lipinski definition) is 3. The highest BCUT2D eigenvalue weighted by Gasteiger charge is 2.21. The van der Waals surface area contributed by atoms with Gasteiger partial charge in [-0.15, -0.1) is 0 Å². The molecule has 0 atom stereocenters. The van der Waals surface area contributed by atoms with Crippen LogP contribution in [0.3, 0.4) is 0 Å². The predicted octanol–water partition coefficient (Wildman–Crippen LogP) is 2.67. The average molecular weight is 262 g/mol. The molecule has 0 amide bonds. The molecule has 1 saturated heterocycles. The van der Waals surface area contributed by atoms with Gasteiger partial charge in [0.2, 0.25) is 0 Å². The van der Waals surface area contributed by atoms with Crippen molar-refractivity contribution in [2.75, 3.05) is 20.1 Å². The van der Waals surface area contributed by atoms with Gasteiger partial charge in [-0.3, -0.25) is 4.57 Å². The van der Waals surface area contributed by atoms with Crippen molar-refractivity contribution in [3.05, 3.63) is 22.6 Å². The molecule has 1 aliphatic rings. The molecule has 0 bridgehead atoms. The molecular formula is C13H18N4S. The van der Waals surface area contributed by atoms with Crippen molar-refractivity contribution in [3.63, 3.8) is 0 Å². The van der Waals surface area contributed by atoms with Crippen molar-refractivity contribution in [1.82, 2.24) is 19.4 Å². The van der Waals surface area contributed by atoms with Crippen LogP contribution in [-0.2, 0) is 0 Å². The summed E-state index contributed by atoms with van der Waals surface area (Å²) in [7, 11) is 2.17. The van der Waals surface area contributed by atoms with Gasteiger partial charge in [0.05, 0.1) is 5.52 Å². The minimum absolute atomic E-state index is 0.484. The SMILES string of the molecule is Cc1cnc2c(c1)[nH]c(=S)n2C1CCN(C)CC1. The molecule has 0 aliphatic carbocycles. The van der Waals surface area contributed by atoms with E-state index in [1.165, 1.54) is 0 Å². The van der Waals surface area contributed by atoms with E-state index in [9.17, 15) is 0 Å². The normalized spacial score (nSPS) is 18.6. The molecule has 0 unspecified atom stereocenters. The summed E-state index contributed by atoms with van der Waals surface area (Å²) in [5.74, 6) is 0. The molecule has 1 fully saturated rings. The number of hydrogen-bond donors (Lipinski definition) is 1. The highest BCUT2D eigenvalue weighted by atomic mass is 32.1. The number of rotatable bonds is 1. The predicted molar refractivity (Wildman–Crippen MR) is 75.4 cm³/mol. The van der Waals surface area contributed by atoms with Crippen LogP contribution in [0, 0.1) is 11.7 Å². The van der Waals surface area contributed by atoms with E-state index >= 15 is 0 Å². The first-order valence-corrected chi connectivity index (χ1v) is 6.81. The third-order valence-corrected chi connectivity index (χ3v) is 4.04. The van der Waals surface area contributed by atoms with E-state index in [4.69, 9.17) is 12.2 Å². The molecule has 3 rings (SSSR count). The topological polar surface area (TPSA) is 36.9 Å². The highest BCUT2D eigenvalue weighted by Crippen LogP contribution is 2.26. The summed E-state index contributed by atoms with van der Waals surface area (Å²) in [4.78, 5) is 10.2. The van der Waals surface area contributed by atoms with E-state index in [1.54, 1.807) is 0 Å². The minimum Gasteiger partial charge on any atom is -0.329 e. The van der Waals surface area contributed by atoms with Crippen LogP contribution in [-0.4, -0.2) is 39.6 Å². The van der Waals surface area contributed by atoms with Crippen LogP contribution < -0.4 is 0 Å². The number of likely N-dealkylation sites (tertiary alicyclic amines) is 1. The van der Waals surface area contributed by atoms with Gasteiger partial charge in [0, 0.05) is 12.2 Å². The van der Waals surface area contributed by atoms with Gasteiger partial charge in [-0.2, -0.15) is 0 Å². The maximum Gasteiger partial charge on any atom is 0.179 e. The first kappa shape index (κ1) is 11.9. The molecule has 2 aromatic rings. The van der Waals surface area contributed by atoms with Gasteiger partial charge < -0.3 is 9.88 Å². The van der Waals surface area contributed by atoms with Crippen molar-refractivity contribution in [2.24, 2.45) is 0 Å². The van der Waals surface area contributed by atoms with E-state index in [1.807, 2.05) is 6.20 Å². The number of aromatic nitrogens is 3. The standard InChI is InChI=1S/C13H18N4S/c1-9-7-11-12(14-8-9)17(13(18)15-11)10-3-5-16(2)6-4-10/h7-8,10H,3-6H2,1-2H3,(H,15,18). The van der Waals surface area contributed by atoms with Crippen molar-refractivity contribution in [2.45, 2.75) is 25.8 Å². The fraction of sp³-hybridized carbons (Fsp3) is 0.538. The molecule has 96 valence electrons. The molecule has 0 radical (unpaired) electrons. The number of pyridine rings is 1. The third kappa shape index (κ3) is 1.97. The Morgan fingerprint density at radius 2 is 2.11 bits per heavy atom. The van der Waals surface area contributed by atoms with Gasteiger partial charge in [-0.1, -0.05) is 0 Å². The average Bonchev–Trinajstić information content (AvgIpc) is 2.65. The molecule has 0 saturated carbocycles. The molecule has 2 aromatic heterocycles. The molecule has 1 N–H and O–H groups in total.